The van der Waals surface area contributed by atoms with Crippen LogP contribution in [0.4, 0.5) is 0 Å². The van der Waals surface area contributed by atoms with Crippen LogP contribution in [0.25, 0.3) is 0 Å². The number of nitrogens with zero attached hydrogens (tertiary/aromatic N) is 1. The van der Waals surface area contributed by atoms with E-state index in [1.807, 2.05) is 0 Å². The molecule has 0 spiro atoms. The minimum absolute atomic E-state index is 0.350. The smallest absolute Gasteiger partial charge is 0.339 e. The highest BCUT2D eigenvalue weighted by Crippen LogP contribution is 2.05. The van der Waals surface area contributed by atoms with Gasteiger partial charge in [-0.1, -0.05) is 25.6 Å². The van der Waals surface area contributed by atoms with Crippen LogP contribution in [0.2, 0.25) is 19.6 Å². The number of ether oxygens (including phenoxy) is 1. The molecule has 0 aliphatic carbocycles. The van der Waals surface area contributed by atoms with E-state index in [0.717, 1.165) is 5.56 Å². The minimum Gasteiger partial charge on any atom is -0.462 e. The third kappa shape index (κ3) is 4.83. The molecule has 1 rings (SSSR count). The summed E-state index contributed by atoms with van der Waals surface area (Å²) in [4.78, 5) is 15.5. The van der Waals surface area contributed by atoms with Crippen LogP contribution in [0.15, 0.2) is 18.5 Å². The molecule has 1 aromatic heterocycles. The highest BCUT2D eigenvalue weighted by atomic mass is 28.3. The normalized spacial score (nSPS) is 10.4. The second-order valence-corrected chi connectivity index (χ2v) is 9.43. The first-order valence-electron chi connectivity index (χ1n) is 5.58. The largest absolute Gasteiger partial charge is 0.462 e. The lowest BCUT2D eigenvalue weighted by Gasteiger charge is -2.04. The van der Waals surface area contributed by atoms with Gasteiger partial charge in [-0.2, -0.15) is 0 Å². The Hall–Kier alpha value is -1.60. The van der Waals surface area contributed by atoms with Crippen molar-refractivity contribution in [3.63, 3.8) is 0 Å². The first kappa shape index (κ1) is 13.5. The number of hydrogen-bond acceptors (Lipinski definition) is 3. The average Bonchev–Trinajstić information content (AvgIpc) is 2.26. The van der Waals surface area contributed by atoms with Crippen LogP contribution < -0.4 is 0 Å². The Bertz CT molecular complexity index is 466. The van der Waals surface area contributed by atoms with Gasteiger partial charge < -0.3 is 4.74 Å². The first-order valence-corrected chi connectivity index (χ1v) is 9.08. The lowest BCUT2D eigenvalue weighted by molar-refractivity contribution is 0.0526. The summed E-state index contributed by atoms with van der Waals surface area (Å²) in [7, 11) is -1.40. The molecule has 4 heteroatoms. The SMILES string of the molecule is CCOC(=O)c1cncc(C#C[Si](C)(C)C)c1. The third-order valence-electron chi connectivity index (χ3n) is 1.83. The van der Waals surface area contributed by atoms with Crippen LogP contribution >= 0.6 is 0 Å². The summed E-state index contributed by atoms with van der Waals surface area (Å²) < 4.78 is 4.91. The van der Waals surface area contributed by atoms with Crippen LogP contribution in [0.1, 0.15) is 22.8 Å². The zero-order valence-corrected chi connectivity index (χ0v) is 11.7. The van der Waals surface area contributed by atoms with Gasteiger partial charge in [0.1, 0.15) is 8.07 Å². The van der Waals surface area contributed by atoms with Gasteiger partial charge in [0.25, 0.3) is 0 Å². The first-order chi connectivity index (χ1) is 7.92. The lowest BCUT2D eigenvalue weighted by atomic mass is 10.2. The molecule has 1 heterocycles. The van der Waals surface area contributed by atoms with Crippen molar-refractivity contribution in [1.29, 1.82) is 0 Å². The maximum absolute atomic E-state index is 11.5. The number of pyridine rings is 1. The van der Waals surface area contributed by atoms with Gasteiger partial charge in [-0.3, -0.25) is 4.98 Å². The number of rotatable bonds is 2. The lowest BCUT2D eigenvalue weighted by Crippen LogP contribution is -2.16. The number of esters is 1. The molecular formula is C13H17NO2Si. The van der Waals surface area contributed by atoms with E-state index < -0.39 is 8.07 Å². The van der Waals surface area contributed by atoms with Crippen LogP contribution in [0.5, 0.6) is 0 Å². The summed E-state index contributed by atoms with van der Waals surface area (Å²) in [6.07, 6.45) is 3.16. The van der Waals surface area contributed by atoms with Gasteiger partial charge in [-0.25, -0.2) is 4.79 Å². The Morgan fingerprint density at radius 1 is 1.41 bits per heavy atom. The molecule has 90 valence electrons. The molecule has 0 saturated heterocycles. The molecule has 17 heavy (non-hydrogen) atoms. The predicted molar refractivity (Wildman–Crippen MR) is 70.4 cm³/mol. The zero-order valence-electron chi connectivity index (χ0n) is 10.7. The molecule has 0 amide bonds. The number of aromatic nitrogens is 1. The van der Waals surface area contributed by atoms with Crippen LogP contribution in [0, 0.1) is 11.5 Å². The van der Waals surface area contributed by atoms with E-state index in [4.69, 9.17) is 4.74 Å². The summed E-state index contributed by atoms with van der Waals surface area (Å²) >= 11 is 0. The van der Waals surface area contributed by atoms with Crippen LogP contribution in [-0.4, -0.2) is 25.6 Å². The molecule has 0 radical (unpaired) electrons. The average molecular weight is 247 g/mol. The topological polar surface area (TPSA) is 39.2 Å². The maximum atomic E-state index is 11.5. The van der Waals surface area contributed by atoms with Gasteiger partial charge >= 0.3 is 5.97 Å². The van der Waals surface area contributed by atoms with Gasteiger partial charge in [0.05, 0.1) is 12.2 Å². The monoisotopic (exact) mass is 247 g/mol. The Balaban J connectivity index is 2.93. The Morgan fingerprint density at radius 3 is 2.71 bits per heavy atom. The van der Waals surface area contributed by atoms with Crippen molar-refractivity contribution in [1.82, 2.24) is 4.98 Å². The summed E-state index contributed by atoms with van der Waals surface area (Å²) in [5.74, 6) is 2.71. The summed E-state index contributed by atoms with van der Waals surface area (Å²) in [5.41, 5.74) is 4.45. The van der Waals surface area contributed by atoms with E-state index in [1.54, 1.807) is 19.2 Å². The molecule has 0 atom stereocenters. The van der Waals surface area contributed by atoms with Gasteiger partial charge in [0, 0.05) is 18.0 Å². The van der Waals surface area contributed by atoms with Crippen molar-refractivity contribution in [2.45, 2.75) is 26.6 Å². The van der Waals surface area contributed by atoms with Crippen molar-refractivity contribution in [3.05, 3.63) is 29.6 Å². The summed E-state index contributed by atoms with van der Waals surface area (Å²) in [6.45, 7) is 8.65. The molecule has 0 fully saturated rings. The van der Waals surface area contributed by atoms with Gasteiger partial charge in [0.15, 0.2) is 0 Å². The molecule has 0 N–H and O–H groups in total. The Morgan fingerprint density at radius 2 is 2.12 bits per heavy atom. The molecular weight excluding hydrogens is 230 g/mol. The number of hydrogen-bond donors (Lipinski definition) is 0. The van der Waals surface area contributed by atoms with Gasteiger partial charge in [-0.05, 0) is 13.0 Å². The van der Waals surface area contributed by atoms with Gasteiger partial charge in [-0.15, -0.1) is 5.54 Å². The molecule has 0 aromatic carbocycles. The highest BCUT2D eigenvalue weighted by Gasteiger charge is 2.09. The predicted octanol–water partition coefficient (Wildman–Crippen LogP) is 2.49. The van der Waals surface area contributed by atoms with E-state index in [2.05, 4.69) is 36.1 Å². The van der Waals surface area contributed by atoms with E-state index in [-0.39, 0.29) is 5.97 Å². The standard InChI is InChI=1S/C13H17NO2Si/c1-5-16-13(15)12-8-11(9-14-10-12)6-7-17(2,3)4/h8-10H,5H2,1-4H3. The van der Waals surface area contributed by atoms with Crippen molar-refractivity contribution in [2.24, 2.45) is 0 Å². The zero-order chi connectivity index (χ0) is 12.9. The fourth-order valence-electron chi connectivity index (χ4n) is 1.09. The minimum atomic E-state index is -1.40. The maximum Gasteiger partial charge on any atom is 0.339 e. The molecule has 1 aromatic rings. The summed E-state index contributed by atoms with van der Waals surface area (Å²) in [6, 6.07) is 1.72. The molecule has 0 aliphatic heterocycles. The van der Waals surface area contributed by atoms with Crippen molar-refractivity contribution < 1.29 is 9.53 Å². The molecule has 0 saturated carbocycles. The van der Waals surface area contributed by atoms with Crippen LogP contribution in [-0.2, 0) is 4.74 Å². The Kier molecular flexibility index (Phi) is 4.47. The van der Waals surface area contributed by atoms with Gasteiger partial charge in [0.2, 0.25) is 0 Å². The van der Waals surface area contributed by atoms with E-state index >= 15 is 0 Å². The fourth-order valence-corrected chi connectivity index (χ4v) is 1.61. The number of carbonyl (C=O) groups is 1. The highest BCUT2D eigenvalue weighted by molar-refractivity contribution is 6.83. The molecule has 0 unspecified atom stereocenters. The second kappa shape index (κ2) is 5.64. The molecule has 3 nitrogen and oxygen atoms in total. The van der Waals surface area contributed by atoms with E-state index in [1.165, 1.54) is 6.20 Å². The van der Waals surface area contributed by atoms with Crippen molar-refractivity contribution in [3.8, 4) is 11.5 Å². The molecule has 0 bridgehead atoms. The van der Waals surface area contributed by atoms with E-state index in [9.17, 15) is 4.79 Å². The quantitative estimate of drug-likeness (QED) is 0.458. The van der Waals surface area contributed by atoms with Crippen molar-refractivity contribution in [2.75, 3.05) is 6.61 Å². The third-order valence-corrected chi connectivity index (χ3v) is 2.71. The fraction of sp³-hybridized carbons (Fsp3) is 0.385. The Labute approximate surface area is 103 Å². The number of carbonyl (C=O) groups excluding carboxylic acids is 1. The summed E-state index contributed by atoms with van der Waals surface area (Å²) in [5, 5.41) is 0. The van der Waals surface area contributed by atoms with Crippen molar-refractivity contribution >= 4 is 14.0 Å². The second-order valence-electron chi connectivity index (χ2n) is 4.68. The van der Waals surface area contributed by atoms with Crippen LogP contribution in [0.3, 0.4) is 0 Å². The molecule has 0 aliphatic rings. The van der Waals surface area contributed by atoms with E-state index in [0.29, 0.717) is 12.2 Å².